The van der Waals surface area contributed by atoms with Crippen molar-refractivity contribution in [1.29, 1.82) is 0 Å². The fourth-order valence-corrected chi connectivity index (χ4v) is 2.27. The first-order valence-corrected chi connectivity index (χ1v) is 7.58. The molecule has 0 heterocycles. The predicted octanol–water partition coefficient (Wildman–Crippen LogP) is 3.32. The van der Waals surface area contributed by atoms with Crippen molar-refractivity contribution in [3.8, 4) is 0 Å². The van der Waals surface area contributed by atoms with E-state index in [0.29, 0.717) is 5.69 Å². The van der Waals surface area contributed by atoms with E-state index in [-0.39, 0.29) is 16.8 Å². The Kier molecular flexibility index (Phi) is 5.49. The molecule has 130 valence electrons. The van der Waals surface area contributed by atoms with Gasteiger partial charge in [0.1, 0.15) is 0 Å². The highest BCUT2D eigenvalue weighted by molar-refractivity contribution is 5.96. The van der Waals surface area contributed by atoms with Crippen molar-refractivity contribution < 1.29 is 19.2 Å². The number of hydrogen-bond acceptors (Lipinski definition) is 5. The van der Waals surface area contributed by atoms with E-state index in [1.807, 2.05) is 26.0 Å². The van der Waals surface area contributed by atoms with Crippen molar-refractivity contribution in [2.75, 3.05) is 11.9 Å². The van der Waals surface area contributed by atoms with Crippen LogP contribution in [0, 0.1) is 30.9 Å². The molecule has 0 bridgehead atoms. The largest absolute Gasteiger partial charge is 0.452 e. The molecule has 0 aliphatic carbocycles. The van der Waals surface area contributed by atoms with Gasteiger partial charge in [-0.1, -0.05) is 12.1 Å². The van der Waals surface area contributed by atoms with Crippen LogP contribution in [0.3, 0.4) is 0 Å². The SMILES string of the molecule is Cc1ccc(NC(=O)COC(=O)c2cccc([N+](=O)[O-])c2C)cc1C. The highest BCUT2D eigenvalue weighted by atomic mass is 16.6. The molecule has 0 aliphatic rings. The van der Waals surface area contributed by atoms with Gasteiger partial charge in [-0.2, -0.15) is 0 Å². The van der Waals surface area contributed by atoms with Crippen LogP contribution in [0.4, 0.5) is 11.4 Å². The number of carbonyl (C=O) groups excluding carboxylic acids is 2. The molecule has 0 saturated carbocycles. The maximum absolute atomic E-state index is 12.1. The van der Waals surface area contributed by atoms with Gasteiger partial charge in [0.25, 0.3) is 11.6 Å². The summed E-state index contributed by atoms with van der Waals surface area (Å²) < 4.78 is 4.96. The number of ether oxygens (including phenoxy) is 1. The lowest BCUT2D eigenvalue weighted by Crippen LogP contribution is -2.21. The second kappa shape index (κ2) is 7.57. The number of benzene rings is 2. The molecule has 0 saturated heterocycles. The van der Waals surface area contributed by atoms with Gasteiger partial charge >= 0.3 is 5.97 Å². The minimum atomic E-state index is -0.781. The third-order valence-electron chi connectivity index (χ3n) is 3.85. The smallest absolute Gasteiger partial charge is 0.339 e. The molecule has 1 amide bonds. The molecule has 7 heteroatoms. The average Bonchev–Trinajstić information content (AvgIpc) is 2.56. The molecule has 0 spiro atoms. The molecule has 0 radical (unpaired) electrons. The van der Waals surface area contributed by atoms with Gasteiger partial charge in [-0.25, -0.2) is 4.79 Å². The van der Waals surface area contributed by atoms with Crippen LogP contribution >= 0.6 is 0 Å². The van der Waals surface area contributed by atoms with Crippen molar-refractivity contribution in [1.82, 2.24) is 0 Å². The Hall–Kier alpha value is -3.22. The van der Waals surface area contributed by atoms with Gasteiger partial charge in [-0.05, 0) is 50.1 Å². The molecule has 2 aromatic carbocycles. The third kappa shape index (κ3) is 4.41. The Morgan fingerprint density at radius 3 is 2.48 bits per heavy atom. The van der Waals surface area contributed by atoms with Gasteiger partial charge in [0.2, 0.25) is 0 Å². The quantitative estimate of drug-likeness (QED) is 0.510. The molecule has 1 N–H and O–H groups in total. The van der Waals surface area contributed by atoms with E-state index in [9.17, 15) is 19.7 Å². The van der Waals surface area contributed by atoms with Crippen LogP contribution < -0.4 is 5.32 Å². The summed E-state index contributed by atoms with van der Waals surface area (Å²) in [5.74, 6) is -1.27. The summed E-state index contributed by atoms with van der Waals surface area (Å²) in [4.78, 5) is 34.3. The van der Waals surface area contributed by atoms with Gasteiger partial charge < -0.3 is 10.1 Å². The monoisotopic (exact) mass is 342 g/mol. The van der Waals surface area contributed by atoms with E-state index in [1.165, 1.54) is 25.1 Å². The normalized spacial score (nSPS) is 10.2. The summed E-state index contributed by atoms with van der Waals surface area (Å²) >= 11 is 0. The van der Waals surface area contributed by atoms with Crippen molar-refractivity contribution in [2.24, 2.45) is 0 Å². The zero-order chi connectivity index (χ0) is 18.6. The Morgan fingerprint density at radius 1 is 1.12 bits per heavy atom. The number of nitro groups is 1. The molecule has 25 heavy (non-hydrogen) atoms. The highest BCUT2D eigenvalue weighted by Gasteiger charge is 2.19. The maximum atomic E-state index is 12.1. The first-order chi connectivity index (χ1) is 11.8. The third-order valence-corrected chi connectivity index (χ3v) is 3.85. The summed E-state index contributed by atoms with van der Waals surface area (Å²) in [5.41, 5.74) is 2.83. The van der Waals surface area contributed by atoms with Crippen molar-refractivity contribution >= 4 is 23.3 Å². The van der Waals surface area contributed by atoms with Crippen LogP contribution in [0.2, 0.25) is 0 Å². The molecule has 0 fully saturated rings. The first-order valence-electron chi connectivity index (χ1n) is 7.58. The topological polar surface area (TPSA) is 98.5 Å². The number of carbonyl (C=O) groups is 2. The summed E-state index contributed by atoms with van der Waals surface area (Å²) in [6.45, 7) is 4.87. The number of rotatable bonds is 5. The van der Waals surface area contributed by atoms with Crippen molar-refractivity contribution in [2.45, 2.75) is 20.8 Å². The number of anilines is 1. The van der Waals surface area contributed by atoms with Crippen molar-refractivity contribution in [3.63, 3.8) is 0 Å². The van der Waals surface area contributed by atoms with Gasteiger partial charge in [-0.15, -0.1) is 0 Å². The van der Waals surface area contributed by atoms with Crippen LogP contribution in [0.25, 0.3) is 0 Å². The zero-order valence-electron chi connectivity index (χ0n) is 14.2. The minimum Gasteiger partial charge on any atom is -0.452 e. The highest BCUT2D eigenvalue weighted by Crippen LogP contribution is 2.21. The molecule has 7 nitrogen and oxygen atoms in total. The van der Waals surface area contributed by atoms with Gasteiger partial charge in [0, 0.05) is 17.3 Å². The van der Waals surface area contributed by atoms with Gasteiger partial charge in [-0.3, -0.25) is 14.9 Å². The Balaban J connectivity index is 2.00. The molecular weight excluding hydrogens is 324 g/mol. The zero-order valence-corrected chi connectivity index (χ0v) is 14.2. The molecule has 0 atom stereocenters. The number of amides is 1. The summed E-state index contributed by atoms with van der Waals surface area (Å²) in [6.07, 6.45) is 0. The Morgan fingerprint density at radius 2 is 1.84 bits per heavy atom. The molecule has 2 rings (SSSR count). The van der Waals surface area contributed by atoms with E-state index >= 15 is 0 Å². The predicted molar refractivity (Wildman–Crippen MR) is 92.7 cm³/mol. The van der Waals surface area contributed by atoms with E-state index in [0.717, 1.165) is 11.1 Å². The van der Waals surface area contributed by atoms with Crippen LogP contribution in [0.5, 0.6) is 0 Å². The Bertz CT molecular complexity index is 845. The van der Waals surface area contributed by atoms with Gasteiger partial charge in [0.05, 0.1) is 10.5 Å². The number of aryl methyl sites for hydroxylation is 2. The van der Waals surface area contributed by atoms with E-state index in [4.69, 9.17) is 4.74 Å². The van der Waals surface area contributed by atoms with Gasteiger partial charge in [0.15, 0.2) is 6.61 Å². The molecule has 0 unspecified atom stereocenters. The number of nitrogens with one attached hydrogen (secondary N) is 1. The summed E-state index contributed by atoms with van der Waals surface area (Å²) in [5, 5.41) is 13.5. The standard InChI is InChI=1S/C18H18N2O5/c1-11-7-8-14(9-12(11)2)19-17(21)10-25-18(22)15-5-4-6-16(13(15)3)20(23)24/h4-9H,10H2,1-3H3,(H,19,21). The number of esters is 1. The lowest BCUT2D eigenvalue weighted by atomic mass is 10.1. The minimum absolute atomic E-state index is 0.0631. The Labute approximate surface area is 144 Å². The molecule has 0 aromatic heterocycles. The van der Waals surface area contributed by atoms with Crippen LogP contribution in [0.15, 0.2) is 36.4 Å². The number of hydrogen-bond donors (Lipinski definition) is 1. The number of nitrogens with zero attached hydrogens (tertiary/aromatic N) is 1. The molecular formula is C18H18N2O5. The lowest BCUT2D eigenvalue weighted by molar-refractivity contribution is -0.385. The molecule has 2 aromatic rings. The number of nitro benzene ring substituents is 1. The van der Waals surface area contributed by atoms with Crippen LogP contribution in [0.1, 0.15) is 27.0 Å². The summed E-state index contributed by atoms with van der Waals surface area (Å²) in [7, 11) is 0. The second-order valence-corrected chi connectivity index (χ2v) is 5.63. The van der Waals surface area contributed by atoms with E-state index < -0.39 is 23.4 Å². The van der Waals surface area contributed by atoms with E-state index in [1.54, 1.807) is 6.07 Å². The fraction of sp³-hybridized carbons (Fsp3) is 0.222. The molecule has 0 aliphatic heterocycles. The maximum Gasteiger partial charge on any atom is 0.339 e. The lowest BCUT2D eigenvalue weighted by Gasteiger charge is -2.09. The average molecular weight is 342 g/mol. The van der Waals surface area contributed by atoms with Crippen LogP contribution in [-0.2, 0) is 9.53 Å². The van der Waals surface area contributed by atoms with Crippen molar-refractivity contribution in [3.05, 3.63) is 68.8 Å². The first kappa shape index (κ1) is 18.1. The summed E-state index contributed by atoms with van der Waals surface area (Å²) in [6, 6.07) is 9.58. The second-order valence-electron chi connectivity index (χ2n) is 5.63. The fourth-order valence-electron chi connectivity index (χ4n) is 2.27. The van der Waals surface area contributed by atoms with Crippen LogP contribution in [-0.4, -0.2) is 23.4 Å². The van der Waals surface area contributed by atoms with E-state index in [2.05, 4.69) is 5.32 Å².